The van der Waals surface area contributed by atoms with Gasteiger partial charge in [0.1, 0.15) is 11.6 Å². The summed E-state index contributed by atoms with van der Waals surface area (Å²) in [5.74, 6) is -2.13. The highest BCUT2D eigenvalue weighted by atomic mass is 19.1. The van der Waals surface area contributed by atoms with E-state index in [2.05, 4.69) is 5.32 Å². The van der Waals surface area contributed by atoms with Crippen molar-refractivity contribution < 1.29 is 18.7 Å². The highest BCUT2D eigenvalue weighted by Crippen LogP contribution is 2.18. The Balaban J connectivity index is 2.26. The Bertz CT molecular complexity index is 508. The molecule has 1 aromatic rings. The number of aryl methyl sites for hydroxylation is 1. The minimum absolute atomic E-state index is 0.180. The van der Waals surface area contributed by atoms with E-state index >= 15 is 0 Å². The van der Waals surface area contributed by atoms with Gasteiger partial charge in [0, 0.05) is 26.2 Å². The Labute approximate surface area is 110 Å². The van der Waals surface area contributed by atoms with Gasteiger partial charge in [0.25, 0.3) is 5.91 Å². The van der Waals surface area contributed by atoms with Crippen LogP contribution < -0.4 is 5.32 Å². The lowest BCUT2D eigenvalue weighted by molar-refractivity contribution is 0.0576. The molecule has 0 spiro atoms. The number of hydrogen-bond acceptors (Lipinski definition) is 3. The molecule has 1 aliphatic rings. The lowest BCUT2D eigenvalue weighted by atomic mass is 10.1. The van der Waals surface area contributed by atoms with Gasteiger partial charge >= 0.3 is 0 Å². The first-order valence-electron chi connectivity index (χ1n) is 6.03. The molecule has 0 unspecified atom stereocenters. The number of aliphatic hydroxyl groups is 1. The number of likely N-dealkylation sites (N-methyl/N-ethyl adjacent to an activating group) is 1. The maximum Gasteiger partial charge on any atom is 0.256 e. The molecular formula is C13H16F2N2O2. The van der Waals surface area contributed by atoms with Crippen molar-refractivity contribution in [3.05, 3.63) is 34.9 Å². The number of carbonyl (C=O) groups is 1. The molecule has 1 aromatic carbocycles. The van der Waals surface area contributed by atoms with Crippen molar-refractivity contribution in [3.8, 4) is 0 Å². The molecular weight excluding hydrogens is 254 g/mol. The van der Waals surface area contributed by atoms with Crippen LogP contribution in [0.2, 0.25) is 0 Å². The summed E-state index contributed by atoms with van der Waals surface area (Å²) < 4.78 is 26.8. The van der Waals surface area contributed by atoms with E-state index in [9.17, 15) is 18.7 Å². The van der Waals surface area contributed by atoms with Crippen molar-refractivity contribution in [3.63, 3.8) is 0 Å². The van der Waals surface area contributed by atoms with E-state index in [4.69, 9.17) is 0 Å². The second-order valence-electron chi connectivity index (χ2n) is 4.79. The molecule has 1 amide bonds. The quantitative estimate of drug-likeness (QED) is 0.831. The summed E-state index contributed by atoms with van der Waals surface area (Å²) in [5.41, 5.74) is 0.0312. The smallest absolute Gasteiger partial charge is 0.256 e. The van der Waals surface area contributed by atoms with Crippen LogP contribution in [0.5, 0.6) is 0 Å². The lowest BCUT2D eigenvalue weighted by Crippen LogP contribution is -2.44. The van der Waals surface area contributed by atoms with Crippen LogP contribution in [0.25, 0.3) is 0 Å². The molecule has 2 atom stereocenters. The number of halogens is 2. The normalized spacial score (nSPS) is 22.6. The summed E-state index contributed by atoms with van der Waals surface area (Å²) >= 11 is 0. The second-order valence-corrected chi connectivity index (χ2v) is 4.79. The minimum atomic E-state index is -0.889. The first-order chi connectivity index (χ1) is 8.91. The van der Waals surface area contributed by atoms with E-state index < -0.39 is 29.7 Å². The average Bonchev–Trinajstić information content (AvgIpc) is 2.78. The van der Waals surface area contributed by atoms with Gasteiger partial charge in [0.15, 0.2) is 0 Å². The molecule has 4 nitrogen and oxygen atoms in total. The van der Waals surface area contributed by atoms with Crippen molar-refractivity contribution in [1.29, 1.82) is 0 Å². The van der Waals surface area contributed by atoms with Gasteiger partial charge in [-0.15, -0.1) is 0 Å². The summed E-state index contributed by atoms with van der Waals surface area (Å²) in [4.78, 5) is 13.5. The van der Waals surface area contributed by atoms with Gasteiger partial charge in [0.05, 0.1) is 17.7 Å². The zero-order valence-electron chi connectivity index (χ0n) is 10.8. The third kappa shape index (κ3) is 2.59. The third-order valence-electron chi connectivity index (χ3n) is 3.45. The number of amides is 1. The summed E-state index contributed by atoms with van der Waals surface area (Å²) in [7, 11) is 1.50. The molecule has 2 N–H and O–H groups in total. The van der Waals surface area contributed by atoms with E-state index in [0.29, 0.717) is 19.2 Å². The number of β-amino-alcohol motifs (C(OH)–C–C–N with tert-alkyl or cyclic N) is 1. The maximum absolute atomic E-state index is 13.7. The Morgan fingerprint density at radius 3 is 2.63 bits per heavy atom. The van der Waals surface area contributed by atoms with Gasteiger partial charge in [-0.3, -0.25) is 4.79 Å². The number of hydrogen-bond donors (Lipinski definition) is 2. The summed E-state index contributed by atoms with van der Waals surface area (Å²) in [6.45, 7) is 2.32. The fourth-order valence-corrected chi connectivity index (χ4v) is 2.21. The molecule has 0 radical (unpaired) electrons. The number of aliphatic hydroxyl groups excluding tert-OH is 1. The van der Waals surface area contributed by atoms with Gasteiger partial charge in [0.2, 0.25) is 0 Å². The SMILES string of the molecule is Cc1cc(C(=O)N(C)[C@@H]2CNC[C@H]2O)c(F)cc1F. The molecule has 0 aliphatic carbocycles. The molecule has 6 heteroatoms. The van der Waals surface area contributed by atoms with Crippen LogP contribution in [-0.4, -0.2) is 48.2 Å². The zero-order chi connectivity index (χ0) is 14.2. The van der Waals surface area contributed by atoms with Crippen molar-refractivity contribution >= 4 is 5.91 Å². The third-order valence-corrected chi connectivity index (χ3v) is 3.45. The monoisotopic (exact) mass is 270 g/mol. The summed E-state index contributed by atoms with van der Waals surface area (Å²) in [6, 6.07) is 1.50. The van der Waals surface area contributed by atoms with Crippen LogP contribution in [0.3, 0.4) is 0 Å². The number of carbonyl (C=O) groups excluding carboxylic acids is 1. The summed E-state index contributed by atoms with van der Waals surface area (Å²) in [5, 5.41) is 12.7. The van der Waals surface area contributed by atoms with E-state index in [0.717, 1.165) is 0 Å². The summed E-state index contributed by atoms with van der Waals surface area (Å²) in [6.07, 6.45) is -0.682. The van der Waals surface area contributed by atoms with Gasteiger partial charge in [-0.25, -0.2) is 8.78 Å². The van der Waals surface area contributed by atoms with Crippen LogP contribution in [0.4, 0.5) is 8.78 Å². The molecule has 0 bridgehead atoms. The fourth-order valence-electron chi connectivity index (χ4n) is 2.21. The van der Waals surface area contributed by atoms with Gasteiger partial charge in [-0.05, 0) is 18.6 Å². The van der Waals surface area contributed by atoms with Crippen LogP contribution in [0.15, 0.2) is 12.1 Å². The molecule has 19 heavy (non-hydrogen) atoms. The molecule has 1 saturated heterocycles. The molecule has 1 aliphatic heterocycles. The number of benzene rings is 1. The van der Waals surface area contributed by atoms with Crippen molar-refractivity contribution in [1.82, 2.24) is 10.2 Å². The predicted molar refractivity (Wildman–Crippen MR) is 65.9 cm³/mol. The van der Waals surface area contributed by atoms with E-state index in [-0.39, 0.29) is 11.1 Å². The van der Waals surface area contributed by atoms with Gasteiger partial charge in [-0.1, -0.05) is 0 Å². The van der Waals surface area contributed by atoms with E-state index in [1.165, 1.54) is 24.9 Å². The van der Waals surface area contributed by atoms with E-state index in [1.54, 1.807) is 0 Å². The Morgan fingerprint density at radius 1 is 1.37 bits per heavy atom. The maximum atomic E-state index is 13.7. The highest BCUT2D eigenvalue weighted by Gasteiger charge is 2.32. The van der Waals surface area contributed by atoms with E-state index in [1.807, 2.05) is 0 Å². The standard InChI is InChI=1S/C13H16F2N2O2/c1-7-3-8(10(15)4-9(7)14)13(19)17(2)11-5-16-6-12(11)18/h3-4,11-12,16,18H,5-6H2,1-2H3/t11-,12-/m1/s1. The molecule has 104 valence electrons. The topological polar surface area (TPSA) is 52.6 Å². The first-order valence-corrected chi connectivity index (χ1v) is 6.03. The first kappa shape index (κ1) is 13.9. The second kappa shape index (κ2) is 5.22. The predicted octanol–water partition coefficient (Wildman–Crippen LogP) is 0.678. The van der Waals surface area contributed by atoms with Crippen molar-refractivity contribution in [2.75, 3.05) is 20.1 Å². The van der Waals surface area contributed by atoms with Crippen LogP contribution in [-0.2, 0) is 0 Å². The molecule has 1 heterocycles. The largest absolute Gasteiger partial charge is 0.390 e. The Morgan fingerprint density at radius 2 is 2.05 bits per heavy atom. The Kier molecular flexibility index (Phi) is 3.82. The number of rotatable bonds is 2. The fraction of sp³-hybridized carbons (Fsp3) is 0.462. The molecule has 0 aromatic heterocycles. The molecule has 0 saturated carbocycles. The average molecular weight is 270 g/mol. The number of nitrogens with zero attached hydrogens (tertiary/aromatic N) is 1. The van der Waals surface area contributed by atoms with Crippen LogP contribution >= 0.6 is 0 Å². The zero-order valence-corrected chi connectivity index (χ0v) is 10.8. The molecule has 1 fully saturated rings. The number of nitrogens with one attached hydrogen (secondary N) is 1. The van der Waals surface area contributed by atoms with Crippen LogP contribution in [0.1, 0.15) is 15.9 Å². The van der Waals surface area contributed by atoms with Crippen molar-refractivity contribution in [2.45, 2.75) is 19.1 Å². The molecule has 2 rings (SSSR count). The lowest BCUT2D eigenvalue weighted by Gasteiger charge is -2.26. The van der Waals surface area contributed by atoms with Crippen LogP contribution in [0, 0.1) is 18.6 Å². The minimum Gasteiger partial charge on any atom is -0.390 e. The highest BCUT2D eigenvalue weighted by molar-refractivity contribution is 5.94. The van der Waals surface area contributed by atoms with Gasteiger partial charge < -0.3 is 15.3 Å². The Hall–Kier alpha value is -1.53. The van der Waals surface area contributed by atoms with Crippen molar-refractivity contribution in [2.24, 2.45) is 0 Å². The van der Waals surface area contributed by atoms with Gasteiger partial charge in [-0.2, -0.15) is 0 Å².